The number of carbonyl (C=O) groups excluding carboxylic acids is 1. The van der Waals surface area contributed by atoms with Crippen LogP contribution in [0.25, 0.3) is 11.4 Å². The third-order valence-corrected chi connectivity index (χ3v) is 5.76. The fraction of sp³-hybridized carbons (Fsp3) is 0.381. The summed E-state index contributed by atoms with van der Waals surface area (Å²) in [6.45, 7) is 2.23. The molecule has 1 fully saturated rings. The first-order chi connectivity index (χ1) is 14.8. The van der Waals surface area contributed by atoms with Gasteiger partial charge in [-0.25, -0.2) is 15.0 Å². The van der Waals surface area contributed by atoms with E-state index in [4.69, 9.17) is 4.74 Å². The first-order valence-corrected chi connectivity index (χ1v) is 10.2. The molecule has 2 N–H and O–H groups in total. The minimum atomic E-state index is -0.507. The molecule has 5 rings (SSSR count). The first kappa shape index (κ1) is 18.7. The number of aromatic nitrogens is 5. The van der Waals surface area contributed by atoms with Gasteiger partial charge in [0, 0.05) is 37.7 Å². The van der Waals surface area contributed by atoms with Crippen LogP contribution in [0.3, 0.4) is 0 Å². The number of hydrogen-bond donors (Lipinski definition) is 2. The molecule has 30 heavy (non-hydrogen) atoms. The van der Waals surface area contributed by atoms with Crippen molar-refractivity contribution in [2.24, 2.45) is 5.92 Å². The monoisotopic (exact) mass is 405 g/mol. The van der Waals surface area contributed by atoms with Crippen molar-refractivity contribution in [3.63, 3.8) is 0 Å². The molecule has 4 heterocycles. The Balaban J connectivity index is 1.39. The Labute approximate surface area is 173 Å². The number of amides is 1. The summed E-state index contributed by atoms with van der Waals surface area (Å²) in [6, 6.07) is 7.23. The van der Waals surface area contributed by atoms with E-state index in [0.717, 1.165) is 43.6 Å². The van der Waals surface area contributed by atoms with Gasteiger partial charge in [-0.3, -0.25) is 14.8 Å². The fourth-order valence-electron chi connectivity index (χ4n) is 4.06. The molecule has 0 aliphatic carbocycles. The lowest BCUT2D eigenvalue weighted by atomic mass is 9.95. The standard InChI is InChI=1S/C21H23N7O2/c29-21-17(15-1-3-16(4-2-15)18-24-13-25-27-18)26-19-20(23-9-8-22-19)28(21)10-5-14-6-11-30-12-7-14/h1-4,8-9,13-14,17H,5-7,10-12H2,(H,22,26)(H,24,25,27). The molecule has 0 saturated carbocycles. The Morgan fingerprint density at radius 3 is 2.63 bits per heavy atom. The number of nitrogens with zero attached hydrogens (tertiary/aromatic N) is 5. The van der Waals surface area contributed by atoms with Crippen LogP contribution in [-0.4, -0.2) is 50.8 Å². The average Bonchev–Trinajstić information content (AvgIpc) is 3.34. The van der Waals surface area contributed by atoms with Crippen LogP contribution < -0.4 is 10.2 Å². The number of hydrogen-bond acceptors (Lipinski definition) is 7. The predicted octanol–water partition coefficient (Wildman–Crippen LogP) is 2.58. The number of rotatable bonds is 5. The van der Waals surface area contributed by atoms with E-state index in [1.54, 1.807) is 17.3 Å². The lowest BCUT2D eigenvalue weighted by Crippen LogP contribution is -2.44. The molecule has 0 bridgehead atoms. The summed E-state index contributed by atoms with van der Waals surface area (Å²) in [6.07, 6.45) is 7.76. The average molecular weight is 405 g/mol. The highest BCUT2D eigenvalue weighted by molar-refractivity contribution is 6.03. The Morgan fingerprint density at radius 1 is 1.07 bits per heavy atom. The summed E-state index contributed by atoms with van der Waals surface area (Å²) in [5.41, 5.74) is 1.78. The quantitative estimate of drug-likeness (QED) is 0.671. The normalized spacial score (nSPS) is 19.4. The number of carbonyl (C=O) groups is 1. The zero-order chi connectivity index (χ0) is 20.3. The zero-order valence-corrected chi connectivity index (χ0v) is 16.5. The molecule has 2 aliphatic heterocycles. The van der Waals surface area contributed by atoms with Crippen LogP contribution in [0.4, 0.5) is 11.6 Å². The van der Waals surface area contributed by atoms with Gasteiger partial charge in [0.05, 0.1) is 0 Å². The number of H-pyrrole nitrogens is 1. The second-order valence-corrected chi connectivity index (χ2v) is 7.60. The number of ether oxygens (including phenoxy) is 1. The smallest absolute Gasteiger partial charge is 0.255 e. The largest absolute Gasteiger partial charge is 0.381 e. The molecule has 1 atom stereocenters. The maximum absolute atomic E-state index is 13.4. The number of anilines is 2. The first-order valence-electron chi connectivity index (χ1n) is 10.2. The van der Waals surface area contributed by atoms with E-state index in [2.05, 4.69) is 30.5 Å². The third kappa shape index (κ3) is 3.63. The molecule has 0 radical (unpaired) electrons. The minimum absolute atomic E-state index is 0.0116. The van der Waals surface area contributed by atoms with E-state index in [-0.39, 0.29) is 5.91 Å². The maximum atomic E-state index is 13.4. The lowest BCUT2D eigenvalue weighted by molar-refractivity contribution is -0.119. The summed E-state index contributed by atoms with van der Waals surface area (Å²) in [7, 11) is 0. The van der Waals surface area contributed by atoms with E-state index in [1.807, 2.05) is 24.3 Å². The van der Waals surface area contributed by atoms with Gasteiger partial charge >= 0.3 is 0 Å². The van der Waals surface area contributed by atoms with Crippen molar-refractivity contribution >= 4 is 17.5 Å². The van der Waals surface area contributed by atoms with E-state index in [9.17, 15) is 4.79 Å². The summed E-state index contributed by atoms with van der Waals surface area (Å²) >= 11 is 0. The van der Waals surface area contributed by atoms with Gasteiger partial charge in [-0.1, -0.05) is 24.3 Å². The number of fused-ring (bicyclic) bond motifs is 1. The van der Waals surface area contributed by atoms with E-state index < -0.39 is 6.04 Å². The highest BCUT2D eigenvalue weighted by Gasteiger charge is 2.35. The molecule has 2 aliphatic rings. The van der Waals surface area contributed by atoms with Crippen LogP contribution in [0.15, 0.2) is 43.0 Å². The van der Waals surface area contributed by atoms with Crippen LogP contribution >= 0.6 is 0 Å². The van der Waals surface area contributed by atoms with Gasteiger partial charge in [-0.05, 0) is 30.7 Å². The van der Waals surface area contributed by atoms with Crippen molar-refractivity contribution in [3.05, 3.63) is 48.5 Å². The van der Waals surface area contributed by atoms with E-state index in [0.29, 0.717) is 29.9 Å². The molecule has 2 aromatic heterocycles. The highest BCUT2D eigenvalue weighted by Crippen LogP contribution is 2.34. The minimum Gasteiger partial charge on any atom is -0.381 e. The summed E-state index contributed by atoms with van der Waals surface area (Å²) in [4.78, 5) is 28.2. The van der Waals surface area contributed by atoms with Crippen LogP contribution in [0.2, 0.25) is 0 Å². The third-order valence-electron chi connectivity index (χ3n) is 5.76. The summed E-state index contributed by atoms with van der Waals surface area (Å²) in [5.74, 6) is 2.49. The molecule has 3 aromatic rings. The van der Waals surface area contributed by atoms with Crippen LogP contribution in [0.1, 0.15) is 30.9 Å². The van der Waals surface area contributed by atoms with Gasteiger partial charge in [0.2, 0.25) is 0 Å². The summed E-state index contributed by atoms with van der Waals surface area (Å²) in [5, 5.41) is 10.00. The molecule has 1 saturated heterocycles. The van der Waals surface area contributed by atoms with Gasteiger partial charge in [0.25, 0.3) is 5.91 Å². The van der Waals surface area contributed by atoms with Gasteiger partial charge < -0.3 is 10.1 Å². The fourth-order valence-corrected chi connectivity index (χ4v) is 4.06. The number of nitrogens with one attached hydrogen (secondary N) is 2. The number of benzene rings is 1. The molecule has 9 nitrogen and oxygen atoms in total. The Hall–Kier alpha value is -3.33. The van der Waals surface area contributed by atoms with Crippen LogP contribution in [-0.2, 0) is 9.53 Å². The van der Waals surface area contributed by atoms with Gasteiger partial charge in [-0.15, -0.1) is 0 Å². The van der Waals surface area contributed by atoms with Crippen LogP contribution in [0.5, 0.6) is 0 Å². The molecule has 0 spiro atoms. The molecule has 1 amide bonds. The Morgan fingerprint density at radius 2 is 1.87 bits per heavy atom. The highest BCUT2D eigenvalue weighted by atomic mass is 16.5. The zero-order valence-electron chi connectivity index (χ0n) is 16.5. The van der Waals surface area contributed by atoms with Crippen molar-refractivity contribution in [2.45, 2.75) is 25.3 Å². The molecular weight excluding hydrogens is 382 g/mol. The maximum Gasteiger partial charge on any atom is 0.255 e. The SMILES string of the molecule is O=C1C(c2ccc(-c3ncn[nH]3)cc2)Nc2nccnc2N1CCC1CCOCC1. The molecular formula is C21H23N7O2. The Kier molecular flexibility index (Phi) is 5.10. The Bertz CT molecular complexity index is 1000. The second-order valence-electron chi connectivity index (χ2n) is 7.60. The van der Waals surface area contributed by atoms with Crippen molar-refractivity contribution in [3.8, 4) is 11.4 Å². The summed E-state index contributed by atoms with van der Waals surface area (Å²) < 4.78 is 5.46. The van der Waals surface area contributed by atoms with Crippen molar-refractivity contribution in [1.29, 1.82) is 0 Å². The van der Waals surface area contributed by atoms with Crippen molar-refractivity contribution in [2.75, 3.05) is 30.0 Å². The van der Waals surface area contributed by atoms with E-state index in [1.165, 1.54) is 6.33 Å². The molecule has 1 aromatic carbocycles. The topological polar surface area (TPSA) is 109 Å². The van der Waals surface area contributed by atoms with Gasteiger partial charge in [0.1, 0.15) is 12.4 Å². The van der Waals surface area contributed by atoms with Crippen molar-refractivity contribution < 1.29 is 9.53 Å². The lowest BCUT2D eigenvalue weighted by Gasteiger charge is -2.34. The van der Waals surface area contributed by atoms with Gasteiger partial charge in [0.15, 0.2) is 17.5 Å². The molecule has 1 unspecified atom stereocenters. The van der Waals surface area contributed by atoms with E-state index >= 15 is 0 Å². The molecule has 9 heteroatoms. The molecule has 154 valence electrons. The second kappa shape index (κ2) is 8.19. The van der Waals surface area contributed by atoms with Crippen LogP contribution in [0, 0.1) is 5.92 Å². The van der Waals surface area contributed by atoms with Crippen molar-refractivity contribution in [1.82, 2.24) is 25.1 Å². The number of aromatic amines is 1. The van der Waals surface area contributed by atoms with Gasteiger partial charge in [-0.2, -0.15) is 5.10 Å². The predicted molar refractivity (Wildman–Crippen MR) is 111 cm³/mol.